The van der Waals surface area contributed by atoms with Crippen LogP contribution < -0.4 is 5.32 Å². The van der Waals surface area contributed by atoms with Gasteiger partial charge in [0.1, 0.15) is 18.5 Å². The first-order valence-corrected chi connectivity index (χ1v) is 43.1. The van der Waals surface area contributed by atoms with Crippen molar-refractivity contribution in [1.29, 1.82) is 0 Å². The van der Waals surface area contributed by atoms with Crippen molar-refractivity contribution < 1.29 is 85.2 Å². The summed E-state index contributed by atoms with van der Waals surface area (Å²) in [4.78, 5) is 70.2. The molecule has 0 aromatic rings. The van der Waals surface area contributed by atoms with E-state index in [-0.39, 0.29) is 87.7 Å². The molecule has 102 heavy (non-hydrogen) atoms. The Morgan fingerprint density at radius 1 is 0.598 bits per heavy atom. The second kappa shape index (κ2) is 32.0. The molecule has 1 N–H and O–H groups in total. The normalized spacial score (nSPS) is 45.2. The minimum absolute atomic E-state index is 0.0380. The summed E-state index contributed by atoms with van der Waals surface area (Å²) in [6.45, 7) is 47.2. The Morgan fingerprint density at radius 3 is 1.87 bits per heavy atom. The fraction of sp³-hybridized carbons (Fsp3) is 0.915. The molecule has 20 heteroatoms. The molecule has 0 aromatic carbocycles. The van der Waals surface area contributed by atoms with E-state index in [1.807, 2.05) is 48.5 Å². The van der Waals surface area contributed by atoms with Crippen molar-refractivity contribution in [3.05, 3.63) is 11.6 Å². The molecule has 0 aromatic heterocycles. The number of hydrogen-bond acceptors (Lipinski definition) is 18. The third kappa shape index (κ3) is 15.6. The van der Waals surface area contributed by atoms with Gasteiger partial charge in [-0.3, -0.25) is 19.2 Å². The van der Waals surface area contributed by atoms with Crippen molar-refractivity contribution in [2.45, 2.75) is 378 Å². The molecule has 5 aliphatic carbocycles. The monoisotopic (exact) mass is 1450 g/mol. The summed E-state index contributed by atoms with van der Waals surface area (Å²) in [5.41, 5.74) is -1.63. The molecule has 5 aliphatic heterocycles. The van der Waals surface area contributed by atoms with E-state index in [0.717, 1.165) is 75.9 Å². The Hall–Kier alpha value is -2.89. The Kier molecular flexibility index (Phi) is 25.6. The molecular formula is C82H137NO18Si. The number of rotatable bonds is 26. The highest BCUT2D eigenvalue weighted by atomic mass is 28.4. The van der Waals surface area contributed by atoms with Gasteiger partial charge >= 0.3 is 17.9 Å². The van der Waals surface area contributed by atoms with E-state index in [2.05, 4.69) is 101 Å². The molecule has 0 bridgehead atoms. The van der Waals surface area contributed by atoms with Gasteiger partial charge in [0.2, 0.25) is 12.2 Å². The molecule has 1 amide bonds. The highest BCUT2D eigenvalue weighted by molar-refractivity contribution is 6.73. The fourth-order valence-corrected chi connectivity index (χ4v) is 24.9. The number of carbonyl (C=O) groups is 5. The highest BCUT2D eigenvalue weighted by Crippen LogP contribution is 2.76. The highest BCUT2D eigenvalue weighted by Gasteiger charge is 2.74. The van der Waals surface area contributed by atoms with Gasteiger partial charge in [-0.1, -0.05) is 161 Å². The molecule has 5 saturated heterocycles. The van der Waals surface area contributed by atoms with Gasteiger partial charge in [0, 0.05) is 44.6 Å². The first kappa shape index (κ1) is 81.6. The summed E-state index contributed by atoms with van der Waals surface area (Å²) >= 11 is 0. The number of unbranched alkanes of at least 4 members (excludes halogenated alkanes) is 6. The zero-order valence-corrected chi connectivity index (χ0v) is 67.9. The molecule has 5 heterocycles. The van der Waals surface area contributed by atoms with Gasteiger partial charge in [0.25, 0.3) is 0 Å². The van der Waals surface area contributed by atoms with Crippen molar-refractivity contribution in [3.63, 3.8) is 0 Å². The standard InChI is InChI=1S/C82H137NO18Si/c1-23-27-28-29-30-31-32-33-64(87)83-44-59-50(8)49(7)51(9)71(94-59)95-62-37-38-78(19)60(79(62,20)46-84)36-39-80(21)61(78)35-34-57-58-42-76(15,16)40-41-82(58,63(43-81(57,80)22)101-102(24-2,25-3)26-4)75(88)98-74-70(69-68(54(12)91-74)99-77(17,18)100-69)97-73-67(93-56(14)86)52(10)65(53(11)90-73)96-72-66(92-55(13)85)48(6)47(5)45-89-72/h34,46-54,58-63,65-74H,23-33,35-45H2,1-22H3,(H,83,87)/t47-,48+,49+,50+,51?,52?,53?,54?,58?,59?,60-,61?,62+,63?,65-,66?,67+,68+,69+,70?,71+,72+,73+,74+,78?,79?,80-,81-,82-/m1/s1. The molecule has 12 unspecified atom stereocenters. The van der Waals surface area contributed by atoms with Crippen LogP contribution in [0.5, 0.6) is 0 Å². The van der Waals surface area contributed by atoms with Gasteiger partial charge in [-0.05, 0) is 167 Å². The molecule has 10 rings (SSSR count). The number of hydrogen-bond donors (Lipinski definition) is 1. The van der Waals surface area contributed by atoms with Gasteiger partial charge < -0.3 is 71.4 Å². The Labute approximate surface area is 614 Å². The number of ether oxygens (including phenoxy) is 12. The van der Waals surface area contributed by atoms with Crippen LogP contribution in [0.3, 0.4) is 0 Å². The minimum atomic E-state index is -2.51. The van der Waals surface area contributed by atoms with Crippen LogP contribution in [0.25, 0.3) is 0 Å². The number of esters is 3. The van der Waals surface area contributed by atoms with Crippen molar-refractivity contribution in [2.75, 3.05) is 13.2 Å². The number of carbonyl (C=O) groups excluding carboxylic acids is 5. The molecule has 9 fully saturated rings. The molecule has 582 valence electrons. The van der Waals surface area contributed by atoms with Crippen LogP contribution in [0.1, 0.15) is 261 Å². The molecule has 4 saturated carbocycles. The predicted molar refractivity (Wildman–Crippen MR) is 390 cm³/mol. The van der Waals surface area contributed by atoms with Gasteiger partial charge in [-0.15, -0.1) is 0 Å². The maximum Gasteiger partial charge on any atom is 0.317 e. The first-order chi connectivity index (χ1) is 48.0. The smallest absolute Gasteiger partial charge is 0.317 e. The van der Waals surface area contributed by atoms with Crippen LogP contribution in [0.2, 0.25) is 18.1 Å². The van der Waals surface area contributed by atoms with E-state index in [1.165, 1.54) is 57.8 Å². The topological polar surface area (TPSA) is 217 Å². The minimum Gasteiger partial charge on any atom is -0.457 e. The first-order valence-electron chi connectivity index (χ1n) is 40.5. The van der Waals surface area contributed by atoms with E-state index in [0.29, 0.717) is 32.4 Å². The van der Waals surface area contributed by atoms with E-state index >= 15 is 4.79 Å². The van der Waals surface area contributed by atoms with Crippen LogP contribution in [0, 0.1) is 85.8 Å². The van der Waals surface area contributed by atoms with Crippen molar-refractivity contribution >= 4 is 38.4 Å². The Bertz CT molecular complexity index is 2930. The van der Waals surface area contributed by atoms with Gasteiger partial charge in [-0.2, -0.15) is 0 Å². The zero-order valence-electron chi connectivity index (χ0n) is 66.9. The predicted octanol–water partition coefficient (Wildman–Crippen LogP) is 15.7. The number of fused-ring (bicyclic) bond motifs is 8. The molecule has 10 aliphatic rings. The second-order valence-corrected chi connectivity index (χ2v) is 41.1. The van der Waals surface area contributed by atoms with E-state index in [1.54, 1.807) is 0 Å². The summed E-state index contributed by atoms with van der Waals surface area (Å²) in [6.07, 6.45) is 7.92. The van der Waals surface area contributed by atoms with Crippen LogP contribution in [-0.4, -0.2) is 150 Å². The zero-order chi connectivity index (χ0) is 74.6. The van der Waals surface area contributed by atoms with Crippen molar-refractivity contribution in [2.24, 2.45) is 85.8 Å². The number of allylic oxidation sites excluding steroid dienone is 2. The molecule has 0 radical (unpaired) electrons. The summed E-state index contributed by atoms with van der Waals surface area (Å²) < 4.78 is 89.0. The van der Waals surface area contributed by atoms with E-state index in [9.17, 15) is 19.2 Å². The summed E-state index contributed by atoms with van der Waals surface area (Å²) in [6, 6.07) is 2.68. The van der Waals surface area contributed by atoms with Crippen molar-refractivity contribution in [1.82, 2.24) is 5.32 Å². The number of amides is 1. The Balaban J connectivity index is 0.942. The van der Waals surface area contributed by atoms with E-state index in [4.69, 9.17) is 61.3 Å². The average Bonchev–Trinajstić information content (AvgIpc) is 0.743. The molecule has 0 spiro atoms. The van der Waals surface area contributed by atoms with Crippen LogP contribution >= 0.6 is 0 Å². The molecule has 29 atom stereocenters. The van der Waals surface area contributed by atoms with E-state index < -0.39 is 128 Å². The molecular weight excluding hydrogens is 1310 g/mol. The lowest BCUT2D eigenvalue weighted by molar-refractivity contribution is -0.361. The van der Waals surface area contributed by atoms with Gasteiger partial charge in [0.05, 0.1) is 54.1 Å². The lowest BCUT2D eigenvalue weighted by Gasteiger charge is -2.72. The van der Waals surface area contributed by atoms with Crippen LogP contribution in [0.15, 0.2) is 11.6 Å². The lowest BCUT2D eigenvalue weighted by Crippen LogP contribution is -2.69. The largest absolute Gasteiger partial charge is 0.457 e. The van der Waals surface area contributed by atoms with Gasteiger partial charge in [0.15, 0.2) is 51.3 Å². The third-order valence-corrected chi connectivity index (χ3v) is 34.0. The van der Waals surface area contributed by atoms with Crippen LogP contribution in [-0.2, 0) is 85.2 Å². The van der Waals surface area contributed by atoms with Crippen LogP contribution in [0.4, 0.5) is 0 Å². The van der Waals surface area contributed by atoms with Crippen molar-refractivity contribution in [3.8, 4) is 0 Å². The second-order valence-electron chi connectivity index (χ2n) is 36.4. The SMILES string of the molecule is CCCCCCCCCC(=O)NCC1O[C@@H](O[C@H]2CCC3(C)C4CC=C5C6CC(C)(C)CC[C@]6(C(=O)O[C@@H]6OC(C)[C@@H]7OC(C)(C)O[C@@H]7C6O[C@@H]6OC(C)[C@H](O[C@@H]7OC[C@@H](C)[C@H](C)C7OC(C)=O)C(C)[C@@H]6OC(C)=O)C(O[Si](CC)(CC)CC)C[C@@]5(C)[C@]4(C)CC[C@H]3C2(C)C=O)C(C)[C@@H](C)[C@@H]1C. The fourth-order valence-electron chi connectivity index (χ4n) is 22.0. The third-order valence-electron chi connectivity index (χ3n) is 29.4. The van der Waals surface area contributed by atoms with Gasteiger partial charge in [-0.25, -0.2) is 0 Å². The lowest BCUT2D eigenvalue weighted by atomic mass is 9.33. The Morgan fingerprint density at radius 2 is 1.23 bits per heavy atom. The summed E-state index contributed by atoms with van der Waals surface area (Å²) in [7, 11) is -2.51. The summed E-state index contributed by atoms with van der Waals surface area (Å²) in [5, 5.41) is 3.23. The average molecular weight is 1450 g/mol. The number of nitrogens with one attached hydrogen (secondary N) is 1. The maximum absolute atomic E-state index is 17.0. The molecule has 19 nitrogen and oxygen atoms in total. The maximum atomic E-state index is 17.0. The number of aldehydes is 1. The quantitative estimate of drug-likeness (QED) is 0.0162. The summed E-state index contributed by atoms with van der Waals surface area (Å²) in [5.74, 6) is -2.35.